The van der Waals surface area contributed by atoms with Gasteiger partial charge in [0.15, 0.2) is 0 Å². The molecule has 0 aliphatic rings. The SMILES string of the molecule is NCCc1cc(-c2ccc(F)cn2)ccn1. The summed E-state index contributed by atoms with van der Waals surface area (Å²) < 4.78 is 12.7. The number of aromatic nitrogens is 2. The van der Waals surface area contributed by atoms with E-state index in [-0.39, 0.29) is 5.82 Å². The fourth-order valence-electron chi connectivity index (χ4n) is 1.47. The highest BCUT2D eigenvalue weighted by Gasteiger charge is 2.01. The predicted molar refractivity (Wildman–Crippen MR) is 60.2 cm³/mol. The van der Waals surface area contributed by atoms with Crippen LogP contribution in [0.2, 0.25) is 0 Å². The summed E-state index contributed by atoms with van der Waals surface area (Å²) in [6, 6.07) is 6.82. The Hall–Kier alpha value is -1.81. The van der Waals surface area contributed by atoms with Crippen molar-refractivity contribution < 1.29 is 4.39 Å². The molecule has 0 amide bonds. The lowest BCUT2D eigenvalue weighted by atomic mass is 10.1. The van der Waals surface area contributed by atoms with Crippen LogP contribution in [-0.4, -0.2) is 16.5 Å². The zero-order chi connectivity index (χ0) is 11.4. The minimum atomic E-state index is -0.333. The van der Waals surface area contributed by atoms with Crippen molar-refractivity contribution in [3.05, 3.63) is 48.2 Å². The molecule has 0 radical (unpaired) electrons. The first-order valence-electron chi connectivity index (χ1n) is 5.06. The minimum absolute atomic E-state index is 0.333. The summed E-state index contributed by atoms with van der Waals surface area (Å²) in [6.45, 7) is 0.563. The lowest BCUT2D eigenvalue weighted by Gasteiger charge is -2.03. The summed E-state index contributed by atoms with van der Waals surface area (Å²) in [5.74, 6) is -0.333. The van der Waals surface area contributed by atoms with Crippen LogP contribution in [0.1, 0.15) is 5.69 Å². The average molecular weight is 217 g/mol. The van der Waals surface area contributed by atoms with E-state index in [4.69, 9.17) is 5.73 Å². The number of rotatable bonds is 3. The molecule has 0 bridgehead atoms. The second kappa shape index (κ2) is 4.81. The topological polar surface area (TPSA) is 51.8 Å². The quantitative estimate of drug-likeness (QED) is 0.852. The summed E-state index contributed by atoms with van der Waals surface area (Å²) in [5.41, 5.74) is 8.05. The fourth-order valence-corrected chi connectivity index (χ4v) is 1.47. The lowest BCUT2D eigenvalue weighted by Crippen LogP contribution is -2.04. The van der Waals surface area contributed by atoms with Crippen LogP contribution in [0.25, 0.3) is 11.3 Å². The van der Waals surface area contributed by atoms with Crippen LogP contribution >= 0.6 is 0 Å². The van der Waals surface area contributed by atoms with Gasteiger partial charge in [0.05, 0.1) is 11.9 Å². The molecule has 2 heterocycles. The molecule has 16 heavy (non-hydrogen) atoms. The van der Waals surface area contributed by atoms with Crippen LogP contribution in [0.5, 0.6) is 0 Å². The predicted octanol–water partition coefficient (Wildman–Crippen LogP) is 1.78. The van der Waals surface area contributed by atoms with Gasteiger partial charge in [-0.15, -0.1) is 0 Å². The van der Waals surface area contributed by atoms with Crippen molar-refractivity contribution in [3.63, 3.8) is 0 Å². The van der Waals surface area contributed by atoms with E-state index < -0.39 is 0 Å². The van der Waals surface area contributed by atoms with Crippen molar-refractivity contribution in [2.45, 2.75) is 6.42 Å². The number of pyridine rings is 2. The number of hydrogen-bond donors (Lipinski definition) is 1. The first kappa shape index (κ1) is 10.7. The monoisotopic (exact) mass is 217 g/mol. The third kappa shape index (κ3) is 2.41. The van der Waals surface area contributed by atoms with Crippen LogP contribution < -0.4 is 5.73 Å². The van der Waals surface area contributed by atoms with Crippen LogP contribution in [-0.2, 0) is 6.42 Å². The molecule has 2 aromatic rings. The molecule has 0 atom stereocenters. The maximum Gasteiger partial charge on any atom is 0.141 e. The summed E-state index contributed by atoms with van der Waals surface area (Å²) in [7, 11) is 0. The van der Waals surface area contributed by atoms with Crippen molar-refractivity contribution in [2.24, 2.45) is 5.73 Å². The smallest absolute Gasteiger partial charge is 0.141 e. The molecule has 4 heteroatoms. The van der Waals surface area contributed by atoms with Crippen molar-refractivity contribution >= 4 is 0 Å². The van der Waals surface area contributed by atoms with Gasteiger partial charge in [-0.05, 0) is 30.8 Å². The van der Waals surface area contributed by atoms with E-state index in [1.807, 2.05) is 12.1 Å². The van der Waals surface area contributed by atoms with E-state index in [2.05, 4.69) is 9.97 Å². The Labute approximate surface area is 93.2 Å². The van der Waals surface area contributed by atoms with Crippen LogP contribution in [0.15, 0.2) is 36.7 Å². The molecule has 0 spiro atoms. The Balaban J connectivity index is 2.32. The van der Waals surface area contributed by atoms with E-state index in [0.717, 1.165) is 23.4 Å². The van der Waals surface area contributed by atoms with Gasteiger partial charge in [0, 0.05) is 23.9 Å². The molecule has 0 saturated carbocycles. The second-order valence-electron chi connectivity index (χ2n) is 3.44. The standard InChI is InChI=1S/C12H12FN3/c13-10-1-2-12(16-8-10)9-4-6-15-11(7-9)3-5-14/h1-2,4,6-8H,3,5,14H2. The van der Waals surface area contributed by atoms with Gasteiger partial charge >= 0.3 is 0 Å². The van der Waals surface area contributed by atoms with Crippen LogP contribution in [0.3, 0.4) is 0 Å². The average Bonchev–Trinajstić information content (AvgIpc) is 2.31. The first-order valence-corrected chi connectivity index (χ1v) is 5.06. The molecular weight excluding hydrogens is 205 g/mol. The molecule has 0 fully saturated rings. The van der Waals surface area contributed by atoms with Crippen molar-refractivity contribution in [3.8, 4) is 11.3 Å². The molecule has 2 rings (SSSR count). The third-order valence-electron chi connectivity index (χ3n) is 2.24. The van der Waals surface area contributed by atoms with Gasteiger partial charge in [-0.1, -0.05) is 0 Å². The Morgan fingerprint density at radius 2 is 2.06 bits per heavy atom. The second-order valence-corrected chi connectivity index (χ2v) is 3.44. The summed E-state index contributed by atoms with van der Waals surface area (Å²) >= 11 is 0. The van der Waals surface area contributed by atoms with Gasteiger partial charge in [0.2, 0.25) is 0 Å². The highest BCUT2D eigenvalue weighted by molar-refractivity contribution is 5.58. The van der Waals surface area contributed by atoms with Gasteiger partial charge in [-0.3, -0.25) is 9.97 Å². The maximum absolute atomic E-state index is 12.7. The van der Waals surface area contributed by atoms with Crippen LogP contribution in [0.4, 0.5) is 4.39 Å². The van der Waals surface area contributed by atoms with Crippen molar-refractivity contribution in [2.75, 3.05) is 6.54 Å². The molecule has 0 saturated heterocycles. The lowest BCUT2D eigenvalue weighted by molar-refractivity contribution is 0.622. The maximum atomic E-state index is 12.7. The molecule has 2 aromatic heterocycles. The molecule has 3 nitrogen and oxygen atoms in total. The molecule has 82 valence electrons. The molecule has 0 aromatic carbocycles. The molecule has 0 aliphatic heterocycles. The Morgan fingerprint density at radius 1 is 1.19 bits per heavy atom. The molecular formula is C12H12FN3. The minimum Gasteiger partial charge on any atom is -0.330 e. The Morgan fingerprint density at radius 3 is 2.75 bits per heavy atom. The van der Waals surface area contributed by atoms with Crippen LogP contribution in [0, 0.1) is 5.82 Å². The van der Waals surface area contributed by atoms with E-state index >= 15 is 0 Å². The zero-order valence-corrected chi connectivity index (χ0v) is 8.73. The molecule has 0 unspecified atom stereocenters. The van der Waals surface area contributed by atoms with E-state index in [9.17, 15) is 4.39 Å². The summed E-state index contributed by atoms with van der Waals surface area (Å²) in [4.78, 5) is 8.21. The number of nitrogens with two attached hydrogens (primary N) is 1. The van der Waals surface area contributed by atoms with E-state index in [1.54, 1.807) is 12.3 Å². The van der Waals surface area contributed by atoms with Gasteiger partial charge in [-0.2, -0.15) is 0 Å². The van der Waals surface area contributed by atoms with Gasteiger partial charge in [0.1, 0.15) is 5.82 Å². The third-order valence-corrected chi connectivity index (χ3v) is 2.24. The van der Waals surface area contributed by atoms with Gasteiger partial charge in [-0.25, -0.2) is 4.39 Å². The number of halogens is 1. The van der Waals surface area contributed by atoms with E-state index in [0.29, 0.717) is 6.54 Å². The van der Waals surface area contributed by atoms with Crippen molar-refractivity contribution in [1.29, 1.82) is 0 Å². The van der Waals surface area contributed by atoms with Gasteiger partial charge < -0.3 is 5.73 Å². The zero-order valence-electron chi connectivity index (χ0n) is 8.73. The highest BCUT2D eigenvalue weighted by atomic mass is 19.1. The summed E-state index contributed by atoms with van der Waals surface area (Å²) in [5, 5.41) is 0. The number of nitrogens with zero attached hydrogens (tertiary/aromatic N) is 2. The van der Waals surface area contributed by atoms with Gasteiger partial charge in [0.25, 0.3) is 0 Å². The number of hydrogen-bond acceptors (Lipinski definition) is 3. The Kier molecular flexibility index (Phi) is 3.22. The highest BCUT2D eigenvalue weighted by Crippen LogP contribution is 2.17. The molecule has 0 aliphatic carbocycles. The largest absolute Gasteiger partial charge is 0.330 e. The first-order chi connectivity index (χ1) is 7.79. The Bertz CT molecular complexity index is 468. The molecule has 2 N–H and O–H groups in total. The van der Waals surface area contributed by atoms with E-state index in [1.165, 1.54) is 12.3 Å². The van der Waals surface area contributed by atoms with Crippen molar-refractivity contribution in [1.82, 2.24) is 9.97 Å². The normalized spacial score (nSPS) is 10.4. The summed E-state index contributed by atoms with van der Waals surface area (Å²) in [6.07, 6.45) is 3.65. The fraction of sp³-hybridized carbons (Fsp3) is 0.167.